The van der Waals surface area contributed by atoms with Crippen LogP contribution in [0.5, 0.6) is 0 Å². The lowest BCUT2D eigenvalue weighted by Crippen LogP contribution is -2.30. The number of unbranched alkanes of at least 4 members (excludes halogenated alkanes) is 29. The molecular weight excluding hydrogens is 1310 g/mol. The first-order chi connectivity index (χ1) is 48.7. The van der Waals surface area contributed by atoms with Crippen molar-refractivity contribution in [2.45, 2.75) is 341 Å². The molecule has 3 N–H and O–H groups in total. The summed E-state index contributed by atoms with van der Waals surface area (Å²) in [6.07, 6.45) is 77.8. The lowest BCUT2D eigenvalue weighted by atomic mass is 10.1. The van der Waals surface area contributed by atoms with Gasteiger partial charge in [-0.25, -0.2) is 9.13 Å². The Bertz CT molecular complexity index is 2320. The maximum Gasteiger partial charge on any atom is 0.472 e. The molecule has 0 fully saturated rings. The molecule has 0 aromatic heterocycles. The number of ether oxygens (including phenoxy) is 4. The third-order valence-electron chi connectivity index (χ3n) is 16.2. The summed E-state index contributed by atoms with van der Waals surface area (Å²) in [5.74, 6) is -2.21. The van der Waals surface area contributed by atoms with E-state index >= 15 is 0 Å². The number of aliphatic hydroxyl groups is 1. The van der Waals surface area contributed by atoms with Crippen LogP contribution in [0, 0.1) is 0 Å². The van der Waals surface area contributed by atoms with Crippen LogP contribution in [0.25, 0.3) is 0 Å². The second-order valence-electron chi connectivity index (χ2n) is 25.9. The monoisotopic (exact) mass is 1450 g/mol. The number of esters is 4. The summed E-state index contributed by atoms with van der Waals surface area (Å²) in [5, 5.41) is 10.6. The summed E-state index contributed by atoms with van der Waals surface area (Å²) in [5.41, 5.74) is 0. The van der Waals surface area contributed by atoms with Crippen LogP contribution < -0.4 is 0 Å². The summed E-state index contributed by atoms with van der Waals surface area (Å²) < 4.78 is 68.5. The Morgan fingerprint density at radius 3 is 0.840 bits per heavy atom. The van der Waals surface area contributed by atoms with E-state index in [2.05, 4.69) is 137 Å². The second-order valence-corrected chi connectivity index (χ2v) is 28.8. The molecule has 5 atom stereocenters. The van der Waals surface area contributed by atoms with Gasteiger partial charge in [0.05, 0.1) is 26.4 Å². The molecule has 0 aliphatic carbocycles. The number of carbonyl (C=O) groups excluding carboxylic acids is 4. The summed E-state index contributed by atoms with van der Waals surface area (Å²) in [7, 11) is -9.96. The molecule has 17 nitrogen and oxygen atoms in total. The van der Waals surface area contributed by atoms with E-state index in [0.29, 0.717) is 25.7 Å². The van der Waals surface area contributed by atoms with E-state index in [4.69, 9.17) is 37.0 Å². The third-order valence-corrected chi connectivity index (χ3v) is 18.1. The summed E-state index contributed by atoms with van der Waals surface area (Å²) in [6.45, 7) is 4.56. The maximum absolute atomic E-state index is 13.1. The van der Waals surface area contributed by atoms with Crippen molar-refractivity contribution >= 4 is 39.5 Å². The number of hydrogen-bond acceptors (Lipinski definition) is 15. The minimum Gasteiger partial charge on any atom is -0.462 e. The minimum absolute atomic E-state index is 0.0801. The molecular formula is C81H140O17P2. The molecule has 0 saturated carbocycles. The molecule has 19 heteroatoms. The largest absolute Gasteiger partial charge is 0.472 e. The van der Waals surface area contributed by atoms with Crippen LogP contribution in [0.4, 0.5) is 0 Å². The Balaban J connectivity index is 5.35. The van der Waals surface area contributed by atoms with E-state index in [-0.39, 0.29) is 25.7 Å². The van der Waals surface area contributed by atoms with Crippen molar-refractivity contribution in [1.29, 1.82) is 0 Å². The van der Waals surface area contributed by atoms with Crippen LogP contribution in [-0.4, -0.2) is 96.7 Å². The highest BCUT2D eigenvalue weighted by Gasteiger charge is 2.30. The molecule has 0 amide bonds. The van der Waals surface area contributed by atoms with Crippen LogP contribution in [0.2, 0.25) is 0 Å². The number of carbonyl (C=O) groups is 4. The van der Waals surface area contributed by atoms with Gasteiger partial charge in [0.1, 0.15) is 19.3 Å². The zero-order valence-corrected chi connectivity index (χ0v) is 64.6. The molecule has 0 heterocycles. The minimum atomic E-state index is -4.98. The smallest absolute Gasteiger partial charge is 0.462 e. The van der Waals surface area contributed by atoms with Crippen molar-refractivity contribution in [2.24, 2.45) is 0 Å². The lowest BCUT2D eigenvalue weighted by Gasteiger charge is -2.21. The Hall–Kier alpha value is -4.28. The van der Waals surface area contributed by atoms with E-state index in [9.17, 15) is 43.2 Å². The zero-order valence-electron chi connectivity index (χ0n) is 62.8. The zero-order chi connectivity index (χ0) is 73.2. The molecule has 0 saturated heterocycles. The van der Waals surface area contributed by atoms with Gasteiger partial charge in [-0.3, -0.25) is 37.3 Å². The fourth-order valence-electron chi connectivity index (χ4n) is 10.3. The highest BCUT2D eigenvalue weighted by molar-refractivity contribution is 7.47. The van der Waals surface area contributed by atoms with Gasteiger partial charge in [0.25, 0.3) is 0 Å². The fourth-order valence-corrected chi connectivity index (χ4v) is 11.8. The van der Waals surface area contributed by atoms with Gasteiger partial charge in [0.2, 0.25) is 0 Å². The van der Waals surface area contributed by atoms with Gasteiger partial charge < -0.3 is 33.8 Å². The quantitative estimate of drug-likeness (QED) is 0.0169. The van der Waals surface area contributed by atoms with E-state index in [1.54, 1.807) is 0 Å². The molecule has 100 heavy (non-hydrogen) atoms. The lowest BCUT2D eigenvalue weighted by molar-refractivity contribution is -0.161. The van der Waals surface area contributed by atoms with E-state index in [0.717, 1.165) is 212 Å². The van der Waals surface area contributed by atoms with Crippen LogP contribution in [0.1, 0.15) is 323 Å². The fraction of sp³-hybridized carbons (Fsp3) is 0.728. The predicted molar refractivity (Wildman–Crippen MR) is 408 cm³/mol. The molecule has 0 aromatic rings. The SMILES string of the molecule is CC/C=C\C/C=C\C/C=C\CCCCCCCCCC(=O)OCC(COP(=O)(O)OCC(O)COP(=O)(O)OCC(COC(=O)CCCCCCC/C=C\C/C=C\CCCCC)OC(=O)CCCCCCC/C=C\CCCC)OC(=O)CCCCCCCCC/C=C\C/C=C\C/C=C\CC. The molecule has 0 radical (unpaired) electrons. The van der Waals surface area contributed by atoms with Gasteiger partial charge in [-0.1, -0.05) is 265 Å². The van der Waals surface area contributed by atoms with Crippen molar-refractivity contribution in [3.8, 4) is 0 Å². The second kappa shape index (κ2) is 73.0. The molecule has 576 valence electrons. The average Bonchev–Trinajstić information content (AvgIpc) is 1.00. The first kappa shape index (κ1) is 95.7. The summed E-state index contributed by atoms with van der Waals surface area (Å²) in [4.78, 5) is 72.9. The molecule has 0 bridgehead atoms. The van der Waals surface area contributed by atoms with Gasteiger partial charge >= 0.3 is 39.5 Å². The van der Waals surface area contributed by atoms with Crippen molar-refractivity contribution in [3.63, 3.8) is 0 Å². The number of phosphoric acid groups is 2. The standard InChI is InChI=1S/C81H140O17P2/c1-5-9-13-17-21-25-29-32-35-37-40-43-47-50-54-58-62-66-79(84)92-72-77(98-81(86)68-64-60-56-52-48-44-41-38-36-33-30-26-22-18-14-10-6-2)74-96-100(89,90)94-70-75(82)69-93-99(87,88)95-73-76(97-80(85)67-63-59-55-51-45-28-24-20-16-12-8-4)71-91-78(83)65-61-57-53-49-46-42-39-34-31-27-23-19-15-11-7-3/h9-10,13-14,20-27,32-36,39,75-77,82H,5-8,11-12,15-19,28-31,37-38,40-74H2,1-4H3,(H,87,88)(H,89,90)/b13-9-,14-10-,24-20-,25-21-,26-22-,27-23-,35-32-,36-33-,39-34-. The Morgan fingerprint density at radius 2 is 0.530 bits per heavy atom. The van der Waals surface area contributed by atoms with E-state index in [1.165, 1.54) is 32.1 Å². The number of rotatable bonds is 73. The van der Waals surface area contributed by atoms with Crippen molar-refractivity contribution in [2.75, 3.05) is 39.6 Å². The Kier molecular flexibility index (Phi) is 69.9. The van der Waals surface area contributed by atoms with Gasteiger partial charge in [0.15, 0.2) is 12.2 Å². The molecule has 0 rings (SSSR count). The molecule has 5 unspecified atom stereocenters. The number of phosphoric ester groups is 2. The van der Waals surface area contributed by atoms with Crippen molar-refractivity contribution < 1.29 is 80.2 Å². The van der Waals surface area contributed by atoms with Gasteiger partial charge in [-0.05, 0) is 141 Å². The van der Waals surface area contributed by atoms with Crippen molar-refractivity contribution in [3.05, 3.63) is 109 Å². The molecule has 0 aromatic carbocycles. The van der Waals surface area contributed by atoms with Gasteiger partial charge in [0, 0.05) is 25.7 Å². The molecule has 0 spiro atoms. The highest BCUT2D eigenvalue weighted by atomic mass is 31.2. The number of aliphatic hydroxyl groups excluding tert-OH is 1. The molecule has 0 aliphatic rings. The van der Waals surface area contributed by atoms with Crippen LogP contribution in [-0.2, 0) is 65.4 Å². The summed E-state index contributed by atoms with van der Waals surface area (Å²) in [6, 6.07) is 0. The normalized spacial score (nSPS) is 14.5. The topological polar surface area (TPSA) is 237 Å². The van der Waals surface area contributed by atoms with Crippen molar-refractivity contribution in [1.82, 2.24) is 0 Å². The first-order valence-corrected chi connectivity index (χ1v) is 42.1. The molecule has 0 aliphatic heterocycles. The van der Waals surface area contributed by atoms with E-state index < -0.39 is 97.5 Å². The average molecular weight is 1450 g/mol. The highest BCUT2D eigenvalue weighted by Crippen LogP contribution is 2.45. The number of allylic oxidation sites excluding steroid dienone is 18. The van der Waals surface area contributed by atoms with Crippen LogP contribution in [0.15, 0.2) is 109 Å². The van der Waals surface area contributed by atoms with E-state index in [1.807, 2.05) is 0 Å². The number of hydrogen-bond donors (Lipinski definition) is 3. The van der Waals surface area contributed by atoms with Gasteiger partial charge in [-0.15, -0.1) is 0 Å². The Labute approximate surface area is 607 Å². The predicted octanol–water partition coefficient (Wildman–Crippen LogP) is 22.6. The van der Waals surface area contributed by atoms with Gasteiger partial charge in [-0.2, -0.15) is 0 Å². The van der Waals surface area contributed by atoms with Crippen LogP contribution in [0.3, 0.4) is 0 Å². The van der Waals surface area contributed by atoms with Crippen LogP contribution >= 0.6 is 15.6 Å². The summed E-state index contributed by atoms with van der Waals surface area (Å²) >= 11 is 0. The maximum atomic E-state index is 13.1. The Morgan fingerprint density at radius 1 is 0.290 bits per heavy atom. The first-order valence-electron chi connectivity index (χ1n) is 39.1. The third kappa shape index (κ3) is 72.1.